The van der Waals surface area contributed by atoms with Crippen molar-refractivity contribution in [3.8, 4) is 0 Å². The number of benzene rings is 2. The Morgan fingerprint density at radius 1 is 1.32 bits per heavy atom. The maximum atomic E-state index is 12.7. The number of amides is 1. The first kappa shape index (κ1) is 18.4. The predicted octanol–water partition coefficient (Wildman–Crippen LogP) is 4.57. The highest BCUT2D eigenvalue weighted by Crippen LogP contribution is 2.23. The summed E-state index contributed by atoms with van der Waals surface area (Å²) >= 11 is 6.55. The van der Waals surface area contributed by atoms with Gasteiger partial charge in [-0.05, 0) is 36.6 Å². The highest BCUT2D eigenvalue weighted by Gasteiger charge is 2.12. The number of halogens is 1. The standard InChI is InChI=1S/C18H17BrN2O2S2/c1-23-10-9-21-14-8-7-12(19)11-16(14)25-18(21)20-17(22)13-5-3-4-6-15(13)24-2/h3-8,11H,9-10H2,1-2H3. The number of methoxy groups -OCH3 is 1. The third kappa shape index (κ3) is 4.06. The van der Waals surface area contributed by atoms with Crippen LogP contribution in [0.3, 0.4) is 0 Å². The lowest BCUT2D eigenvalue weighted by atomic mass is 10.2. The van der Waals surface area contributed by atoms with Gasteiger partial charge in [-0.3, -0.25) is 4.79 Å². The number of ether oxygens (including phenoxy) is 1. The number of hydrogen-bond donors (Lipinski definition) is 0. The Morgan fingerprint density at radius 2 is 2.12 bits per heavy atom. The highest BCUT2D eigenvalue weighted by molar-refractivity contribution is 9.10. The van der Waals surface area contributed by atoms with Crippen molar-refractivity contribution in [1.82, 2.24) is 4.57 Å². The molecule has 3 aromatic rings. The first-order valence-electron chi connectivity index (χ1n) is 7.64. The molecule has 25 heavy (non-hydrogen) atoms. The molecule has 0 unspecified atom stereocenters. The molecule has 0 atom stereocenters. The monoisotopic (exact) mass is 436 g/mol. The van der Waals surface area contributed by atoms with Crippen molar-refractivity contribution in [2.45, 2.75) is 11.4 Å². The van der Waals surface area contributed by atoms with Crippen LogP contribution in [-0.2, 0) is 11.3 Å². The molecule has 3 rings (SSSR count). The lowest BCUT2D eigenvalue weighted by Gasteiger charge is -2.05. The Hall–Kier alpha value is -1.41. The van der Waals surface area contributed by atoms with E-state index < -0.39 is 0 Å². The van der Waals surface area contributed by atoms with Crippen LogP contribution in [-0.4, -0.2) is 30.4 Å². The van der Waals surface area contributed by atoms with Crippen LogP contribution in [0.25, 0.3) is 10.2 Å². The van der Waals surface area contributed by atoms with Crippen molar-refractivity contribution in [2.24, 2.45) is 4.99 Å². The largest absolute Gasteiger partial charge is 0.383 e. The number of thiazole rings is 1. The van der Waals surface area contributed by atoms with Gasteiger partial charge in [0.2, 0.25) is 0 Å². The molecule has 2 aromatic carbocycles. The van der Waals surface area contributed by atoms with Crippen molar-refractivity contribution >= 4 is 55.2 Å². The van der Waals surface area contributed by atoms with Crippen LogP contribution in [0.1, 0.15) is 10.4 Å². The third-order valence-corrected chi connectivity index (χ3v) is 6.03. The van der Waals surface area contributed by atoms with E-state index in [0.717, 1.165) is 19.6 Å². The molecule has 0 fully saturated rings. The van der Waals surface area contributed by atoms with Crippen LogP contribution in [0.2, 0.25) is 0 Å². The molecule has 0 aliphatic carbocycles. The number of thioether (sulfide) groups is 1. The molecule has 130 valence electrons. The number of fused-ring (bicyclic) bond motifs is 1. The second-order valence-corrected chi connectivity index (χ2v) is 8.03. The molecule has 0 saturated carbocycles. The zero-order valence-corrected chi connectivity index (χ0v) is 17.1. The third-order valence-electron chi connectivity index (χ3n) is 3.70. The normalized spacial score (nSPS) is 12.0. The molecule has 4 nitrogen and oxygen atoms in total. The molecular weight excluding hydrogens is 420 g/mol. The molecule has 0 spiro atoms. The van der Waals surface area contributed by atoms with Gasteiger partial charge in [-0.25, -0.2) is 0 Å². The summed E-state index contributed by atoms with van der Waals surface area (Å²) in [6.45, 7) is 1.21. The molecule has 1 aromatic heterocycles. The van der Waals surface area contributed by atoms with Crippen LogP contribution in [0.5, 0.6) is 0 Å². The van der Waals surface area contributed by atoms with Crippen LogP contribution in [0, 0.1) is 0 Å². The van der Waals surface area contributed by atoms with Crippen molar-refractivity contribution in [3.05, 3.63) is 57.3 Å². The van der Waals surface area contributed by atoms with Crippen molar-refractivity contribution in [2.75, 3.05) is 20.0 Å². The highest BCUT2D eigenvalue weighted by atomic mass is 79.9. The summed E-state index contributed by atoms with van der Waals surface area (Å²) in [5, 5.41) is 0. The van der Waals surface area contributed by atoms with Gasteiger partial charge in [0.25, 0.3) is 5.91 Å². The minimum absolute atomic E-state index is 0.221. The predicted molar refractivity (Wildman–Crippen MR) is 108 cm³/mol. The molecule has 0 radical (unpaired) electrons. The van der Waals surface area contributed by atoms with Gasteiger partial charge < -0.3 is 9.30 Å². The molecule has 0 bridgehead atoms. The lowest BCUT2D eigenvalue weighted by molar-refractivity contribution is 0.0994. The van der Waals surface area contributed by atoms with E-state index in [9.17, 15) is 4.79 Å². The van der Waals surface area contributed by atoms with Crippen LogP contribution < -0.4 is 4.80 Å². The average Bonchev–Trinajstić information content (AvgIpc) is 2.95. The van der Waals surface area contributed by atoms with Crippen molar-refractivity contribution in [3.63, 3.8) is 0 Å². The number of nitrogens with zero attached hydrogens (tertiary/aromatic N) is 2. The second-order valence-electron chi connectivity index (χ2n) is 5.26. The SMILES string of the molecule is COCCn1c(=NC(=O)c2ccccc2SC)sc2cc(Br)ccc21. The number of rotatable bonds is 5. The van der Waals surface area contributed by atoms with Crippen LogP contribution >= 0.6 is 39.0 Å². The lowest BCUT2D eigenvalue weighted by Crippen LogP contribution is -2.19. The van der Waals surface area contributed by atoms with E-state index in [1.807, 2.05) is 53.3 Å². The minimum atomic E-state index is -0.221. The van der Waals surface area contributed by atoms with Crippen molar-refractivity contribution in [1.29, 1.82) is 0 Å². The van der Waals surface area contributed by atoms with Gasteiger partial charge in [0.15, 0.2) is 4.80 Å². The summed E-state index contributed by atoms with van der Waals surface area (Å²) in [6, 6.07) is 13.6. The van der Waals surface area contributed by atoms with E-state index in [1.165, 1.54) is 11.3 Å². The number of carbonyl (C=O) groups excluding carboxylic acids is 1. The fourth-order valence-corrected chi connectivity index (χ4v) is 4.70. The fraction of sp³-hybridized carbons (Fsp3) is 0.222. The fourth-order valence-electron chi connectivity index (χ4n) is 2.50. The molecule has 0 saturated heterocycles. The van der Waals surface area contributed by atoms with Gasteiger partial charge in [-0.1, -0.05) is 39.4 Å². The Labute approximate surface area is 162 Å². The zero-order chi connectivity index (χ0) is 17.8. The molecular formula is C18H17BrN2O2S2. The first-order chi connectivity index (χ1) is 12.1. The number of aromatic nitrogens is 1. The average molecular weight is 437 g/mol. The van der Waals surface area contributed by atoms with E-state index >= 15 is 0 Å². The minimum Gasteiger partial charge on any atom is -0.383 e. The van der Waals surface area contributed by atoms with Gasteiger partial charge in [-0.2, -0.15) is 4.99 Å². The maximum Gasteiger partial charge on any atom is 0.280 e. The number of hydrogen-bond acceptors (Lipinski definition) is 4. The zero-order valence-electron chi connectivity index (χ0n) is 13.9. The quantitative estimate of drug-likeness (QED) is 0.549. The molecule has 0 aliphatic heterocycles. The van der Waals surface area contributed by atoms with E-state index in [2.05, 4.69) is 20.9 Å². The van der Waals surface area contributed by atoms with Gasteiger partial charge in [0.05, 0.1) is 22.4 Å². The van der Waals surface area contributed by atoms with Crippen molar-refractivity contribution < 1.29 is 9.53 Å². The van der Waals surface area contributed by atoms with Gasteiger partial charge in [0, 0.05) is 23.0 Å². The van der Waals surface area contributed by atoms with Gasteiger partial charge >= 0.3 is 0 Å². The van der Waals surface area contributed by atoms with E-state index in [4.69, 9.17) is 4.74 Å². The molecule has 1 amide bonds. The smallest absolute Gasteiger partial charge is 0.280 e. The Bertz CT molecular complexity index is 979. The summed E-state index contributed by atoms with van der Waals surface area (Å²) in [6.07, 6.45) is 1.96. The van der Waals surface area contributed by atoms with Gasteiger partial charge in [-0.15, -0.1) is 11.8 Å². The van der Waals surface area contributed by atoms with E-state index in [1.54, 1.807) is 18.9 Å². The summed E-state index contributed by atoms with van der Waals surface area (Å²) in [7, 11) is 1.67. The Kier molecular flexibility index (Phi) is 6.11. The summed E-state index contributed by atoms with van der Waals surface area (Å²) in [5.74, 6) is -0.221. The van der Waals surface area contributed by atoms with Crippen LogP contribution in [0.4, 0.5) is 0 Å². The maximum absolute atomic E-state index is 12.7. The molecule has 1 heterocycles. The summed E-state index contributed by atoms with van der Waals surface area (Å²) < 4.78 is 9.33. The summed E-state index contributed by atoms with van der Waals surface area (Å²) in [5.41, 5.74) is 1.68. The molecule has 0 aliphatic rings. The topological polar surface area (TPSA) is 43.6 Å². The first-order valence-corrected chi connectivity index (χ1v) is 10.5. The van der Waals surface area contributed by atoms with Crippen LogP contribution in [0.15, 0.2) is 56.8 Å². The molecule has 7 heteroatoms. The van der Waals surface area contributed by atoms with Gasteiger partial charge in [0.1, 0.15) is 0 Å². The molecule has 0 N–H and O–H groups in total. The Balaban J connectivity index is 2.12. The Morgan fingerprint density at radius 3 is 2.88 bits per heavy atom. The second kappa shape index (κ2) is 8.31. The number of carbonyl (C=O) groups is 1. The van der Waals surface area contributed by atoms with E-state index in [-0.39, 0.29) is 5.91 Å². The van der Waals surface area contributed by atoms with E-state index in [0.29, 0.717) is 23.5 Å². The summed E-state index contributed by atoms with van der Waals surface area (Å²) in [4.78, 5) is 18.8.